The van der Waals surface area contributed by atoms with Crippen molar-refractivity contribution < 1.29 is 23.9 Å². The van der Waals surface area contributed by atoms with Crippen LogP contribution in [0.25, 0.3) is 11.1 Å². The first-order valence-electron chi connectivity index (χ1n) is 8.78. The van der Waals surface area contributed by atoms with Crippen molar-refractivity contribution in [1.29, 1.82) is 0 Å². The fraction of sp³-hybridized carbons (Fsp3) is 0. The summed E-state index contributed by atoms with van der Waals surface area (Å²) in [6, 6.07) is 16.8. The smallest absolute Gasteiger partial charge is 0.262 e. The molecule has 7 heteroatoms. The predicted octanol–water partition coefficient (Wildman–Crippen LogP) is 2.91. The second kappa shape index (κ2) is 6.13. The number of carbonyl (C=O) groups excluding carboxylic acids is 4. The monoisotopic (exact) mass is 384 g/mol. The minimum atomic E-state index is -0.493. The second-order valence-corrected chi connectivity index (χ2v) is 6.60. The highest BCUT2D eigenvalue weighted by atomic mass is 16.5. The molecule has 140 valence electrons. The number of rotatable bonds is 3. The Kier molecular flexibility index (Phi) is 3.57. The third kappa shape index (κ3) is 2.60. The number of hydrogen-bond acceptors (Lipinski definition) is 5. The van der Waals surface area contributed by atoms with Crippen molar-refractivity contribution >= 4 is 23.6 Å². The number of fused-ring (bicyclic) bond motifs is 2. The Morgan fingerprint density at radius 2 is 1.10 bits per heavy atom. The Balaban J connectivity index is 1.48. The highest BCUT2D eigenvalue weighted by molar-refractivity contribution is 6.24. The maximum atomic E-state index is 12.1. The Bertz CT molecular complexity index is 1240. The lowest BCUT2D eigenvalue weighted by Gasteiger charge is -2.10. The van der Waals surface area contributed by atoms with E-state index in [0.717, 1.165) is 5.56 Å². The molecule has 0 radical (unpaired) electrons. The number of amides is 4. The van der Waals surface area contributed by atoms with Gasteiger partial charge in [-0.05, 0) is 41.5 Å². The number of imide groups is 2. The molecule has 0 atom stereocenters. The van der Waals surface area contributed by atoms with Gasteiger partial charge in [-0.25, -0.2) is 0 Å². The first-order chi connectivity index (χ1) is 14.0. The molecule has 29 heavy (non-hydrogen) atoms. The summed E-state index contributed by atoms with van der Waals surface area (Å²) < 4.78 is 5.82. The number of hydrogen-bond donors (Lipinski definition) is 2. The Labute approximate surface area is 164 Å². The van der Waals surface area contributed by atoms with Gasteiger partial charge in [0, 0.05) is 0 Å². The van der Waals surface area contributed by atoms with Crippen LogP contribution in [0.1, 0.15) is 41.4 Å². The SMILES string of the molecule is O=C1NC(=O)c2c(Oc3ccc(-c4cccc5c4C(=O)NC5=O)cc3)cccc21. The van der Waals surface area contributed by atoms with Crippen LogP contribution in [0.3, 0.4) is 0 Å². The van der Waals surface area contributed by atoms with Crippen molar-refractivity contribution in [3.8, 4) is 22.6 Å². The van der Waals surface area contributed by atoms with Crippen molar-refractivity contribution in [2.24, 2.45) is 0 Å². The molecule has 0 aromatic heterocycles. The van der Waals surface area contributed by atoms with Gasteiger partial charge in [-0.1, -0.05) is 30.3 Å². The quantitative estimate of drug-likeness (QED) is 0.676. The van der Waals surface area contributed by atoms with Gasteiger partial charge in [0.2, 0.25) is 0 Å². The fourth-order valence-electron chi connectivity index (χ4n) is 3.56. The van der Waals surface area contributed by atoms with E-state index in [2.05, 4.69) is 10.6 Å². The summed E-state index contributed by atoms with van der Waals surface area (Å²) in [5.41, 5.74) is 2.57. The largest absolute Gasteiger partial charge is 0.457 e. The van der Waals surface area contributed by atoms with Crippen LogP contribution < -0.4 is 15.4 Å². The molecule has 3 aromatic carbocycles. The number of ether oxygens (including phenoxy) is 1. The summed E-state index contributed by atoms with van der Waals surface area (Å²) in [6.07, 6.45) is 0. The first-order valence-corrected chi connectivity index (χ1v) is 8.78. The average Bonchev–Trinajstić information content (AvgIpc) is 3.18. The van der Waals surface area contributed by atoms with E-state index in [1.54, 1.807) is 60.7 Å². The number of carbonyl (C=O) groups is 4. The molecule has 4 amide bonds. The van der Waals surface area contributed by atoms with E-state index in [4.69, 9.17) is 4.74 Å². The first kappa shape index (κ1) is 16.9. The third-order valence-corrected chi connectivity index (χ3v) is 4.88. The Morgan fingerprint density at radius 1 is 0.552 bits per heavy atom. The minimum Gasteiger partial charge on any atom is -0.457 e. The summed E-state index contributed by atoms with van der Waals surface area (Å²) in [4.78, 5) is 47.8. The summed E-state index contributed by atoms with van der Waals surface area (Å²) in [5.74, 6) is -1.02. The lowest BCUT2D eigenvalue weighted by Crippen LogP contribution is -2.20. The van der Waals surface area contributed by atoms with E-state index in [0.29, 0.717) is 22.4 Å². The molecule has 0 aliphatic carbocycles. The van der Waals surface area contributed by atoms with Crippen LogP contribution in [-0.4, -0.2) is 23.6 Å². The second-order valence-electron chi connectivity index (χ2n) is 6.60. The van der Waals surface area contributed by atoms with Crippen molar-refractivity contribution in [3.05, 3.63) is 82.9 Å². The maximum Gasteiger partial charge on any atom is 0.262 e. The van der Waals surface area contributed by atoms with Crippen LogP contribution in [0, 0.1) is 0 Å². The molecule has 7 nitrogen and oxygen atoms in total. The predicted molar refractivity (Wildman–Crippen MR) is 102 cm³/mol. The van der Waals surface area contributed by atoms with E-state index in [1.165, 1.54) is 0 Å². The maximum absolute atomic E-state index is 12.1. The molecule has 0 unspecified atom stereocenters. The Morgan fingerprint density at radius 3 is 1.79 bits per heavy atom. The minimum absolute atomic E-state index is 0.206. The van der Waals surface area contributed by atoms with Crippen LogP contribution in [0.15, 0.2) is 60.7 Å². The molecule has 3 aromatic rings. The van der Waals surface area contributed by atoms with Gasteiger partial charge in [0.15, 0.2) is 0 Å². The van der Waals surface area contributed by atoms with Crippen LogP contribution in [0.4, 0.5) is 0 Å². The van der Waals surface area contributed by atoms with E-state index in [9.17, 15) is 19.2 Å². The third-order valence-electron chi connectivity index (χ3n) is 4.88. The molecule has 5 rings (SSSR count). The van der Waals surface area contributed by atoms with Gasteiger partial charge in [-0.2, -0.15) is 0 Å². The molecular formula is C22H12N2O5. The van der Waals surface area contributed by atoms with E-state index < -0.39 is 23.6 Å². The average molecular weight is 384 g/mol. The van der Waals surface area contributed by atoms with Crippen molar-refractivity contribution in [2.75, 3.05) is 0 Å². The molecule has 2 N–H and O–H groups in total. The molecule has 2 aliphatic heterocycles. The summed E-state index contributed by atoms with van der Waals surface area (Å²) in [7, 11) is 0. The summed E-state index contributed by atoms with van der Waals surface area (Å²) in [5, 5.41) is 4.55. The molecular weight excluding hydrogens is 372 g/mol. The highest BCUT2D eigenvalue weighted by Crippen LogP contribution is 2.33. The van der Waals surface area contributed by atoms with Gasteiger partial charge < -0.3 is 4.74 Å². The fourth-order valence-corrected chi connectivity index (χ4v) is 3.56. The van der Waals surface area contributed by atoms with Gasteiger partial charge >= 0.3 is 0 Å². The van der Waals surface area contributed by atoms with Gasteiger partial charge in [0.1, 0.15) is 11.5 Å². The van der Waals surface area contributed by atoms with Crippen LogP contribution in [0.2, 0.25) is 0 Å². The summed E-state index contributed by atoms with van der Waals surface area (Å²) in [6.45, 7) is 0. The van der Waals surface area contributed by atoms with Crippen molar-refractivity contribution in [3.63, 3.8) is 0 Å². The topological polar surface area (TPSA) is 102 Å². The van der Waals surface area contributed by atoms with Crippen molar-refractivity contribution in [2.45, 2.75) is 0 Å². The molecule has 0 bridgehead atoms. The standard InChI is InChI=1S/C22H12N2O5/c25-19-14-4-1-3-13(17(14)21(27)23-19)11-7-9-12(10-8-11)29-16-6-2-5-15-18(16)22(28)24-20(15)26/h1-10H,(H,23,25,27)(H,24,26,28). The van der Waals surface area contributed by atoms with Gasteiger partial charge in [0.25, 0.3) is 23.6 Å². The molecule has 2 heterocycles. The zero-order valence-electron chi connectivity index (χ0n) is 14.8. The van der Waals surface area contributed by atoms with Crippen LogP contribution in [0.5, 0.6) is 11.5 Å². The molecule has 0 spiro atoms. The van der Waals surface area contributed by atoms with E-state index >= 15 is 0 Å². The summed E-state index contributed by atoms with van der Waals surface area (Å²) >= 11 is 0. The molecule has 0 saturated carbocycles. The Hall–Kier alpha value is -4.26. The number of nitrogens with one attached hydrogen (secondary N) is 2. The van der Waals surface area contributed by atoms with Crippen LogP contribution in [-0.2, 0) is 0 Å². The van der Waals surface area contributed by atoms with E-state index in [-0.39, 0.29) is 16.9 Å². The van der Waals surface area contributed by atoms with Crippen LogP contribution >= 0.6 is 0 Å². The number of benzene rings is 3. The molecule has 2 aliphatic rings. The molecule has 0 saturated heterocycles. The van der Waals surface area contributed by atoms with Gasteiger partial charge in [-0.15, -0.1) is 0 Å². The van der Waals surface area contributed by atoms with Gasteiger partial charge in [0.05, 0.1) is 22.3 Å². The lowest BCUT2D eigenvalue weighted by molar-refractivity contribution is 0.0862. The normalized spacial score (nSPS) is 14.3. The van der Waals surface area contributed by atoms with Crippen molar-refractivity contribution in [1.82, 2.24) is 10.6 Å². The molecule has 0 fully saturated rings. The highest BCUT2D eigenvalue weighted by Gasteiger charge is 2.31. The lowest BCUT2D eigenvalue weighted by atomic mass is 9.96. The van der Waals surface area contributed by atoms with E-state index in [1.807, 2.05) is 0 Å². The zero-order chi connectivity index (χ0) is 20.1. The zero-order valence-corrected chi connectivity index (χ0v) is 14.8. The van der Waals surface area contributed by atoms with Gasteiger partial charge in [-0.3, -0.25) is 29.8 Å².